The van der Waals surface area contributed by atoms with E-state index in [-0.39, 0.29) is 0 Å². The number of hydrogen-bond acceptors (Lipinski definition) is 1. The first-order valence-electron chi connectivity index (χ1n) is 4.50. The van der Waals surface area contributed by atoms with Gasteiger partial charge in [-0.3, -0.25) is 4.79 Å². The fraction of sp³-hybridized carbons (Fsp3) is 0.250. The van der Waals surface area contributed by atoms with Crippen LogP contribution < -0.4 is 0 Å². The Morgan fingerprint density at radius 3 is 2.36 bits per heavy atom. The summed E-state index contributed by atoms with van der Waals surface area (Å²) in [6.07, 6.45) is 3.53. The molecule has 74 valence electrons. The minimum atomic E-state index is -0.815. The number of carboxylic acid groups (broad SMARTS) is 1. The van der Waals surface area contributed by atoms with Crippen LogP contribution in [-0.4, -0.2) is 11.1 Å². The minimum absolute atomic E-state index is 0.810. The molecular weight excluding hydrogens is 176 g/mol. The highest BCUT2D eigenvalue weighted by Crippen LogP contribution is 2.18. The summed E-state index contributed by atoms with van der Waals surface area (Å²) < 4.78 is 0. The molecule has 0 radical (unpaired) electrons. The van der Waals surface area contributed by atoms with Gasteiger partial charge < -0.3 is 5.11 Å². The first kappa shape index (κ1) is 10.5. The summed E-state index contributed by atoms with van der Waals surface area (Å²) in [5.74, 6) is -0.815. The standard InChI is InChI=1S/C12H14O2/c1-12(2,11(13)14)9-8-10-6-4-3-5-7-10/h3-9H,1-2H3,(H,13,14)/b9-8-. The van der Waals surface area contributed by atoms with Crippen LogP contribution in [0.2, 0.25) is 0 Å². The Labute approximate surface area is 83.9 Å². The third kappa shape index (κ3) is 2.73. The number of benzene rings is 1. The topological polar surface area (TPSA) is 37.3 Å². The average Bonchev–Trinajstić information content (AvgIpc) is 2.16. The molecule has 0 bridgehead atoms. The molecule has 1 aromatic carbocycles. The first-order chi connectivity index (χ1) is 6.52. The predicted octanol–water partition coefficient (Wildman–Crippen LogP) is 2.81. The number of carboxylic acids is 1. The van der Waals surface area contributed by atoms with Gasteiger partial charge in [0.2, 0.25) is 0 Å². The predicted molar refractivity (Wildman–Crippen MR) is 56.9 cm³/mol. The van der Waals surface area contributed by atoms with Gasteiger partial charge in [-0.25, -0.2) is 0 Å². The Balaban J connectivity index is 2.79. The van der Waals surface area contributed by atoms with Gasteiger partial charge >= 0.3 is 5.97 Å². The minimum Gasteiger partial charge on any atom is -0.481 e. The first-order valence-corrected chi connectivity index (χ1v) is 4.50. The molecule has 2 nitrogen and oxygen atoms in total. The van der Waals surface area contributed by atoms with Crippen molar-refractivity contribution < 1.29 is 9.90 Å². The molecule has 0 aliphatic heterocycles. The third-order valence-corrected chi connectivity index (χ3v) is 2.04. The van der Waals surface area contributed by atoms with Gasteiger partial charge in [0.15, 0.2) is 0 Å². The highest BCUT2D eigenvalue weighted by atomic mass is 16.4. The van der Waals surface area contributed by atoms with E-state index in [4.69, 9.17) is 5.11 Å². The highest BCUT2D eigenvalue weighted by molar-refractivity contribution is 5.77. The SMILES string of the molecule is CC(C)(/C=C\c1ccccc1)C(=O)O. The zero-order valence-corrected chi connectivity index (χ0v) is 8.40. The van der Waals surface area contributed by atoms with E-state index in [2.05, 4.69) is 0 Å². The molecule has 0 heterocycles. The molecule has 0 saturated heterocycles. The fourth-order valence-corrected chi connectivity index (χ4v) is 0.940. The van der Waals surface area contributed by atoms with E-state index in [1.807, 2.05) is 36.4 Å². The summed E-state index contributed by atoms with van der Waals surface area (Å²) in [7, 11) is 0. The van der Waals surface area contributed by atoms with Gasteiger partial charge in [0.05, 0.1) is 5.41 Å². The van der Waals surface area contributed by atoms with Crippen molar-refractivity contribution in [1.29, 1.82) is 0 Å². The van der Waals surface area contributed by atoms with E-state index in [1.165, 1.54) is 0 Å². The Kier molecular flexibility index (Phi) is 3.07. The number of rotatable bonds is 3. The molecule has 0 atom stereocenters. The van der Waals surface area contributed by atoms with E-state index in [0.717, 1.165) is 5.56 Å². The zero-order chi connectivity index (χ0) is 10.6. The summed E-state index contributed by atoms with van der Waals surface area (Å²) in [6.45, 7) is 3.35. The lowest BCUT2D eigenvalue weighted by Crippen LogP contribution is -2.20. The molecule has 1 N–H and O–H groups in total. The van der Waals surface area contributed by atoms with Crippen LogP contribution in [0.25, 0.3) is 6.08 Å². The molecule has 0 amide bonds. The molecule has 0 spiro atoms. The van der Waals surface area contributed by atoms with Crippen molar-refractivity contribution in [3.8, 4) is 0 Å². The Bertz CT molecular complexity index is 337. The van der Waals surface area contributed by atoms with Crippen LogP contribution >= 0.6 is 0 Å². The summed E-state index contributed by atoms with van der Waals surface area (Å²) >= 11 is 0. The van der Waals surface area contributed by atoms with E-state index in [1.54, 1.807) is 19.9 Å². The number of hydrogen-bond donors (Lipinski definition) is 1. The fourth-order valence-electron chi connectivity index (χ4n) is 0.940. The second kappa shape index (κ2) is 4.09. The number of aliphatic carboxylic acids is 1. The van der Waals surface area contributed by atoms with Crippen molar-refractivity contribution in [2.75, 3.05) is 0 Å². The summed E-state index contributed by atoms with van der Waals surface area (Å²) in [5, 5.41) is 8.87. The van der Waals surface area contributed by atoms with Gasteiger partial charge in [-0.05, 0) is 19.4 Å². The van der Waals surface area contributed by atoms with Gasteiger partial charge in [0.25, 0.3) is 0 Å². The van der Waals surface area contributed by atoms with Crippen LogP contribution in [0.15, 0.2) is 36.4 Å². The lowest BCUT2D eigenvalue weighted by Gasteiger charge is -2.12. The van der Waals surface area contributed by atoms with Crippen molar-refractivity contribution in [3.63, 3.8) is 0 Å². The van der Waals surface area contributed by atoms with Crippen LogP contribution in [0.5, 0.6) is 0 Å². The molecule has 14 heavy (non-hydrogen) atoms. The lowest BCUT2D eigenvalue weighted by atomic mass is 9.92. The van der Waals surface area contributed by atoms with Crippen LogP contribution in [0, 0.1) is 5.41 Å². The van der Waals surface area contributed by atoms with E-state index in [9.17, 15) is 4.79 Å². The van der Waals surface area contributed by atoms with Crippen molar-refractivity contribution >= 4 is 12.0 Å². The van der Waals surface area contributed by atoms with Gasteiger partial charge in [0, 0.05) is 0 Å². The molecule has 0 aliphatic carbocycles. The normalized spacial score (nSPS) is 11.9. The lowest BCUT2D eigenvalue weighted by molar-refractivity contribution is -0.144. The van der Waals surface area contributed by atoms with Gasteiger partial charge in [-0.15, -0.1) is 0 Å². The van der Waals surface area contributed by atoms with E-state index in [0.29, 0.717) is 0 Å². The quantitative estimate of drug-likeness (QED) is 0.795. The molecule has 1 aromatic rings. The van der Waals surface area contributed by atoms with E-state index < -0.39 is 11.4 Å². The molecule has 0 fully saturated rings. The number of carbonyl (C=O) groups is 1. The smallest absolute Gasteiger partial charge is 0.312 e. The van der Waals surface area contributed by atoms with Crippen molar-refractivity contribution in [3.05, 3.63) is 42.0 Å². The summed E-state index contributed by atoms with van der Waals surface area (Å²) in [5.41, 5.74) is 0.206. The summed E-state index contributed by atoms with van der Waals surface area (Å²) in [4.78, 5) is 10.8. The second-order valence-corrected chi connectivity index (χ2v) is 3.77. The summed E-state index contributed by atoms with van der Waals surface area (Å²) in [6, 6.07) is 9.66. The molecule has 1 rings (SSSR count). The van der Waals surface area contributed by atoms with Gasteiger partial charge in [-0.1, -0.05) is 42.5 Å². The molecule has 0 saturated carbocycles. The highest BCUT2D eigenvalue weighted by Gasteiger charge is 2.22. The van der Waals surface area contributed by atoms with Crippen molar-refractivity contribution in [2.24, 2.45) is 5.41 Å². The Morgan fingerprint density at radius 2 is 1.86 bits per heavy atom. The third-order valence-electron chi connectivity index (χ3n) is 2.04. The largest absolute Gasteiger partial charge is 0.481 e. The van der Waals surface area contributed by atoms with Gasteiger partial charge in [-0.2, -0.15) is 0 Å². The average molecular weight is 190 g/mol. The maximum Gasteiger partial charge on any atom is 0.312 e. The molecule has 2 heteroatoms. The molecular formula is C12H14O2. The second-order valence-electron chi connectivity index (χ2n) is 3.77. The Morgan fingerprint density at radius 1 is 1.29 bits per heavy atom. The molecule has 0 aliphatic rings. The maximum atomic E-state index is 10.8. The Hall–Kier alpha value is -1.57. The van der Waals surface area contributed by atoms with Crippen LogP contribution in [0.3, 0.4) is 0 Å². The van der Waals surface area contributed by atoms with Gasteiger partial charge in [0.1, 0.15) is 0 Å². The van der Waals surface area contributed by atoms with E-state index >= 15 is 0 Å². The maximum absolute atomic E-state index is 10.8. The molecule has 0 aromatic heterocycles. The molecule has 0 unspecified atom stereocenters. The van der Waals surface area contributed by atoms with Crippen LogP contribution in [-0.2, 0) is 4.79 Å². The van der Waals surface area contributed by atoms with Crippen LogP contribution in [0.4, 0.5) is 0 Å². The van der Waals surface area contributed by atoms with Crippen LogP contribution in [0.1, 0.15) is 19.4 Å². The van der Waals surface area contributed by atoms with Crippen molar-refractivity contribution in [2.45, 2.75) is 13.8 Å². The van der Waals surface area contributed by atoms with Crippen molar-refractivity contribution in [1.82, 2.24) is 0 Å². The monoisotopic (exact) mass is 190 g/mol. The zero-order valence-electron chi connectivity index (χ0n) is 8.40.